The van der Waals surface area contributed by atoms with E-state index in [2.05, 4.69) is 49.2 Å². The normalized spacial score (nSPS) is 16.5. The smallest absolute Gasteiger partial charge is 0.121 e. The van der Waals surface area contributed by atoms with Gasteiger partial charge in [0.2, 0.25) is 0 Å². The van der Waals surface area contributed by atoms with Crippen LogP contribution in [-0.4, -0.2) is 32.8 Å². The summed E-state index contributed by atoms with van der Waals surface area (Å²) in [5, 5.41) is 3.38. The molecule has 0 unspecified atom stereocenters. The molecule has 0 amide bonds. The standard InChI is InChI=1S/C16H26N2O/c1-16(2,3)7-12-19-15-6-4-5-14(13-15)18-10-8-17-9-11-18/h4-6,13,17H,7-12H2,1-3H3. The molecule has 1 aromatic carbocycles. The summed E-state index contributed by atoms with van der Waals surface area (Å²) in [6, 6.07) is 8.47. The van der Waals surface area contributed by atoms with Crippen molar-refractivity contribution in [2.24, 2.45) is 5.41 Å². The lowest BCUT2D eigenvalue weighted by atomic mass is 9.93. The zero-order chi connectivity index (χ0) is 13.7. The summed E-state index contributed by atoms with van der Waals surface area (Å²) in [6.45, 7) is 11.8. The molecule has 0 radical (unpaired) electrons. The first-order valence-corrected chi connectivity index (χ1v) is 7.23. The van der Waals surface area contributed by atoms with Gasteiger partial charge in [0.25, 0.3) is 0 Å². The second-order valence-corrected chi connectivity index (χ2v) is 6.39. The van der Waals surface area contributed by atoms with Crippen LogP contribution in [0, 0.1) is 5.41 Å². The highest BCUT2D eigenvalue weighted by atomic mass is 16.5. The van der Waals surface area contributed by atoms with Crippen LogP contribution >= 0.6 is 0 Å². The van der Waals surface area contributed by atoms with E-state index in [9.17, 15) is 0 Å². The second-order valence-electron chi connectivity index (χ2n) is 6.39. The minimum atomic E-state index is 0.330. The number of nitrogens with zero attached hydrogens (tertiary/aromatic N) is 1. The van der Waals surface area contributed by atoms with Gasteiger partial charge in [-0.3, -0.25) is 0 Å². The van der Waals surface area contributed by atoms with Crippen LogP contribution in [0.25, 0.3) is 0 Å². The van der Waals surface area contributed by atoms with E-state index in [0.29, 0.717) is 5.41 Å². The Morgan fingerprint density at radius 1 is 1.21 bits per heavy atom. The third-order valence-corrected chi connectivity index (χ3v) is 3.42. The molecule has 3 heteroatoms. The summed E-state index contributed by atoms with van der Waals surface area (Å²) in [7, 11) is 0. The van der Waals surface area contributed by atoms with Crippen molar-refractivity contribution in [1.29, 1.82) is 0 Å². The molecule has 1 saturated heterocycles. The Kier molecular flexibility index (Phi) is 4.70. The highest BCUT2D eigenvalue weighted by Gasteiger charge is 2.12. The third-order valence-electron chi connectivity index (χ3n) is 3.42. The van der Waals surface area contributed by atoms with Crippen LogP contribution in [-0.2, 0) is 0 Å². The van der Waals surface area contributed by atoms with Crippen LogP contribution in [0.5, 0.6) is 5.75 Å². The summed E-state index contributed by atoms with van der Waals surface area (Å²) >= 11 is 0. The molecule has 0 spiro atoms. The quantitative estimate of drug-likeness (QED) is 0.903. The molecule has 0 bridgehead atoms. The fourth-order valence-corrected chi connectivity index (χ4v) is 2.17. The molecule has 1 N–H and O–H groups in total. The van der Waals surface area contributed by atoms with Crippen molar-refractivity contribution in [1.82, 2.24) is 5.32 Å². The van der Waals surface area contributed by atoms with E-state index in [0.717, 1.165) is 45.0 Å². The Morgan fingerprint density at radius 2 is 1.95 bits per heavy atom. The van der Waals surface area contributed by atoms with Crippen LogP contribution in [0.3, 0.4) is 0 Å². The van der Waals surface area contributed by atoms with Gasteiger partial charge in [0.05, 0.1) is 6.61 Å². The van der Waals surface area contributed by atoms with Crippen molar-refractivity contribution < 1.29 is 4.74 Å². The fourth-order valence-electron chi connectivity index (χ4n) is 2.17. The van der Waals surface area contributed by atoms with Gasteiger partial charge < -0.3 is 15.0 Å². The maximum atomic E-state index is 5.87. The zero-order valence-corrected chi connectivity index (χ0v) is 12.4. The van der Waals surface area contributed by atoms with Gasteiger partial charge in [-0.1, -0.05) is 26.8 Å². The SMILES string of the molecule is CC(C)(C)CCOc1cccc(N2CCNCC2)c1. The number of ether oxygens (including phenoxy) is 1. The number of benzene rings is 1. The number of anilines is 1. The molecule has 3 nitrogen and oxygen atoms in total. The fraction of sp³-hybridized carbons (Fsp3) is 0.625. The van der Waals surface area contributed by atoms with Gasteiger partial charge in [0, 0.05) is 37.9 Å². The second kappa shape index (κ2) is 6.29. The van der Waals surface area contributed by atoms with E-state index in [1.54, 1.807) is 0 Å². The topological polar surface area (TPSA) is 24.5 Å². The van der Waals surface area contributed by atoms with Crippen LogP contribution in [0.1, 0.15) is 27.2 Å². The van der Waals surface area contributed by atoms with Crippen molar-refractivity contribution in [2.75, 3.05) is 37.7 Å². The van der Waals surface area contributed by atoms with Crippen LogP contribution in [0.4, 0.5) is 5.69 Å². The average Bonchev–Trinajstić information content (AvgIpc) is 2.39. The molecule has 0 saturated carbocycles. The predicted molar refractivity (Wildman–Crippen MR) is 81.1 cm³/mol. The van der Waals surface area contributed by atoms with Gasteiger partial charge in [-0.2, -0.15) is 0 Å². The Bertz CT molecular complexity index is 392. The first kappa shape index (κ1) is 14.2. The van der Waals surface area contributed by atoms with Gasteiger partial charge in [-0.15, -0.1) is 0 Å². The van der Waals surface area contributed by atoms with E-state index in [1.807, 2.05) is 6.07 Å². The minimum absolute atomic E-state index is 0.330. The van der Waals surface area contributed by atoms with Crippen molar-refractivity contribution in [3.05, 3.63) is 24.3 Å². The first-order chi connectivity index (χ1) is 9.04. The highest BCUT2D eigenvalue weighted by molar-refractivity contribution is 5.51. The average molecular weight is 262 g/mol. The van der Waals surface area contributed by atoms with Crippen LogP contribution in [0.2, 0.25) is 0 Å². The van der Waals surface area contributed by atoms with Crippen molar-refractivity contribution >= 4 is 5.69 Å². The number of rotatable bonds is 4. The third kappa shape index (κ3) is 4.75. The Balaban J connectivity index is 1.91. The van der Waals surface area contributed by atoms with Crippen molar-refractivity contribution in [2.45, 2.75) is 27.2 Å². The monoisotopic (exact) mass is 262 g/mol. The Hall–Kier alpha value is -1.22. The van der Waals surface area contributed by atoms with Crippen molar-refractivity contribution in [3.63, 3.8) is 0 Å². The lowest BCUT2D eigenvalue weighted by molar-refractivity contribution is 0.243. The Morgan fingerprint density at radius 3 is 2.63 bits per heavy atom. The van der Waals surface area contributed by atoms with E-state index >= 15 is 0 Å². The maximum absolute atomic E-state index is 5.87. The lowest BCUT2D eigenvalue weighted by Gasteiger charge is -2.29. The molecule has 1 aromatic rings. The zero-order valence-electron chi connectivity index (χ0n) is 12.4. The molecule has 0 aliphatic carbocycles. The predicted octanol–water partition coefficient (Wildman–Crippen LogP) is 2.91. The highest BCUT2D eigenvalue weighted by Crippen LogP contribution is 2.23. The van der Waals surface area contributed by atoms with E-state index < -0.39 is 0 Å². The largest absolute Gasteiger partial charge is 0.493 e. The summed E-state index contributed by atoms with van der Waals surface area (Å²) in [5.41, 5.74) is 1.60. The molecule has 106 valence electrons. The number of hydrogen-bond acceptors (Lipinski definition) is 3. The molecular formula is C16H26N2O. The maximum Gasteiger partial charge on any atom is 0.121 e. The van der Waals surface area contributed by atoms with E-state index in [1.165, 1.54) is 5.69 Å². The van der Waals surface area contributed by atoms with E-state index in [4.69, 9.17) is 4.74 Å². The molecule has 2 rings (SSSR count). The summed E-state index contributed by atoms with van der Waals surface area (Å²) in [6.07, 6.45) is 1.07. The van der Waals surface area contributed by atoms with E-state index in [-0.39, 0.29) is 0 Å². The molecule has 1 fully saturated rings. The Labute approximate surface area is 116 Å². The van der Waals surface area contributed by atoms with Crippen LogP contribution in [0.15, 0.2) is 24.3 Å². The van der Waals surface area contributed by atoms with Crippen LogP contribution < -0.4 is 15.0 Å². The summed E-state index contributed by atoms with van der Waals surface area (Å²) in [4.78, 5) is 2.41. The van der Waals surface area contributed by atoms with Gasteiger partial charge in [0.1, 0.15) is 5.75 Å². The molecule has 19 heavy (non-hydrogen) atoms. The van der Waals surface area contributed by atoms with Gasteiger partial charge in [-0.25, -0.2) is 0 Å². The first-order valence-electron chi connectivity index (χ1n) is 7.23. The number of nitrogens with one attached hydrogen (secondary N) is 1. The van der Waals surface area contributed by atoms with Crippen molar-refractivity contribution in [3.8, 4) is 5.75 Å². The minimum Gasteiger partial charge on any atom is -0.493 e. The molecule has 0 aromatic heterocycles. The van der Waals surface area contributed by atoms with Gasteiger partial charge >= 0.3 is 0 Å². The molecule has 1 heterocycles. The molecule has 0 atom stereocenters. The molecule has 1 aliphatic rings. The lowest BCUT2D eigenvalue weighted by Crippen LogP contribution is -2.43. The van der Waals surface area contributed by atoms with Gasteiger partial charge in [0.15, 0.2) is 0 Å². The summed E-state index contributed by atoms with van der Waals surface area (Å²) < 4.78 is 5.87. The number of piperazine rings is 1. The van der Waals surface area contributed by atoms with Gasteiger partial charge in [-0.05, 0) is 24.0 Å². The number of hydrogen-bond donors (Lipinski definition) is 1. The molecular weight excluding hydrogens is 236 g/mol. The molecule has 1 aliphatic heterocycles. The summed E-state index contributed by atoms with van der Waals surface area (Å²) in [5.74, 6) is 0.986.